The van der Waals surface area contributed by atoms with Crippen molar-refractivity contribution in [3.05, 3.63) is 45.7 Å². The van der Waals surface area contributed by atoms with Gasteiger partial charge in [0.1, 0.15) is 11.6 Å². The van der Waals surface area contributed by atoms with Gasteiger partial charge in [0, 0.05) is 11.1 Å². The van der Waals surface area contributed by atoms with Gasteiger partial charge in [-0.25, -0.2) is 4.98 Å². The molecule has 0 unspecified atom stereocenters. The van der Waals surface area contributed by atoms with Gasteiger partial charge in [0.15, 0.2) is 5.16 Å². The Balaban J connectivity index is 2.84. The molecule has 0 radical (unpaired) electrons. The number of benzene rings is 1. The van der Waals surface area contributed by atoms with E-state index in [-0.39, 0.29) is 5.16 Å². The summed E-state index contributed by atoms with van der Waals surface area (Å²) < 4.78 is 65.7. The third kappa shape index (κ3) is 2.99. The van der Waals surface area contributed by atoms with E-state index in [1.807, 2.05) is 0 Å². The lowest BCUT2D eigenvalue weighted by Crippen LogP contribution is -2.34. The summed E-state index contributed by atoms with van der Waals surface area (Å²) in [7, 11) is 0. The van der Waals surface area contributed by atoms with Crippen LogP contribution in [0.5, 0.6) is 0 Å². The van der Waals surface area contributed by atoms with Gasteiger partial charge in [-0.05, 0) is 6.26 Å². The largest absolute Gasteiger partial charge is 0.458 e. The lowest BCUT2D eigenvalue weighted by atomic mass is 9.96. The van der Waals surface area contributed by atoms with Crippen LogP contribution in [0.15, 0.2) is 34.2 Å². The van der Waals surface area contributed by atoms with Crippen LogP contribution in [0, 0.1) is 11.3 Å². The number of hydrogen-bond acceptors (Lipinski definition) is 4. The Morgan fingerprint density at radius 1 is 1.21 bits per heavy atom. The van der Waals surface area contributed by atoms with E-state index in [0.717, 1.165) is 23.9 Å². The standard InChI is InChI=1S/C14H8F5N3OS/c1-24-12-21-10(8(6-20)11(23)22-12)7-4-2-3-5-9(7)13(15,16)14(17,18)19/h2-5H,1H3,(H,21,22,23). The first-order chi connectivity index (χ1) is 11.1. The number of hydrogen-bond donors (Lipinski definition) is 1. The van der Waals surface area contributed by atoms with E-state index in [1.54, 1.807) is 0 Å². The first-order valence-electron chi connectivity index (χ1n) is 6.26. The molecule has 1 aromatic carbocycles. The third-order valence-electron chi connectivity index (χ3n) is 3.08. The zero-order chi connectivity index (χ0) is 18.1. The number of nitrogens with one attached hydrogen (secondary N) is 1. The Kier molecular flexibility index (Phi) is 4.66. The predicted octanol–water partition coefficient (Wildman–Crippen LogP) is 3.68. The van der Waals surface area contributed by atoms with Crippen LogP contribution in [0.25, 0.3) is 11.3 Å². The van der Waals surface area contributed by atoms with E-state index in [9.17, 15) is 26.7 Å². The third-order valence-corrected chi connectivity index (χ3v) is 3.66. The van der Waals surface area contributed by atoms with E-state index in [0.29, 0.717) is 6.07 Å². The van der Waals surface area contributed by atoms with Crippen LogP contribution < -0.4 is 5.56 Å². The van der Waals surface area contributed by atoms with Crippen molar-refractivity contribution < 1.29 is 22.0 Å². The van der Waals surface area contributed by atoms with Gasteiger partial charge < -0.3 is 4.98 Å². The molecule has 2 rings (SSSR count). The minimum atomic E-state index is -5.83. The number of aromatic amines is 1. The molecule has 0 atom stereocenters. The van der Waals surface area contributed by atoms with Crippen LogP contribution in [0.1, 0.15) is 11.1 Å². The van der Waals surface area contributed by atoms with Crippen LogP contribution >= 0.6 is 11.8 Å². The smallest absolute Gasteiger partial charge is 0.300 e. The Morgan fingerprint density at radius 3 is 2.38 bits per heavy atom. The summed E-state index contributed by atoms with van der Waals surface area (Å²) in [6.07, 6.45) is -4.32. The van der Waals surface area contributed by atoms with Gasteiger partial charge in [0.05, 0.1) is 5.69 Å². The molecule has 1 heterocycles. The molecular formula is C14H8F5N3OS. The molecule has 126 valence electrons. The van der Waals surface area contributed by atoms with Crippen LogP contribution in [-0.2, 0) is 5.92 Å². The molecule has 10 heteroatoms. The molecule has 0 bridgehead atoms. The maximum absolute atomic E-state index is 13.8. The fourth-order valence-electron chi connectivity index (χ4n) is 1.96. The molecule has 0 aliphatic carbocycles. The molecule has 0 saturated carbocycles. The molecule has 1 aromatic heterocycles. The SMILES string of the molecule is CSc1nc(-c2ccccc2C(F)(F)C(F)(F)F)c(C#N)c(=O)[nH]1. The van der Waals surface area contributed by atoms with E-state index in [1.165, 1.54) is 18.4 Å². The molecule has 4 nitrogen and oxygen atoms in total. The molecule has 0 fully saturated rings. The summed E-state index contributed by atoms with van der Waals surface area (Å²) in [5.41, 5.74) is -4.09. The fraction of sp³-hybridized carbons (Fsp3) is 0.214. The summed E-state index contributed by atoms with van der Waals surface area (Å²) >= 11 is 0.944. The fourth-order valence-corrected chi connectivity index (χ4v) is 2.34. The number of alkyl halides is 5. The normalized spacial score (nSPS) is 12.0. The number of nitriles is 1. The highest BCUT2D eigenvalue weighted by Crippen LogP contribution is 2.47. The zero-order valence-electron chi connectivity index (χ0n) is 11.9. The van der Waals surface area contributed by atoms with Crippen LogP contribution in [0.4, 0.5) is 22.0 Å². The van der Waals surface area contributed by atoms with Crippen molar-refractivity contribution in [3.63, 3.8) is 0 Å². The van der Waals surface area contributed by atoms with E-state index >= 15 is 0 Å². The second-order valence-corrected chi connectivity index (χ2v) is 5.32. The van der Waals surface area contributed by atoms with Crippen molar-refractivity contribution in [2.24, 2.45) is 0 Å². The van der Waals surface area contributed by atoms with Crippen molar-refractivity contribution in [1.82, 2.24) is 9.97 Å². The lowest BCUT2D eigenvalue weighted by Gasteiger charge is -2.22. The molecule has 0 aliphatic heterocycles. The molecule has 0 saturated heterocycles. The van der Waals surface area contributed by atoms with Gasteiger partial charge in [-0.1, -0.05) is 36.0 Å². The Labute approximate surface area is 136 Å². The summed E-state index contributed by atoms with van der Waals surface area (Å²) in [5, 5.41) is 9.04. The summed E-state index contributed by atoms with van der Waals surface area (Å²) in [6, 6.07) is 5.26. The minimum Gasteiger partial charge on any atom is -0.300 e. The van der Waals surface area contributed by atoms with Crippen molar-refractivity contribution >= 4 is 11.8 Å². The molecule has 24 heavy (non-hydrogen) atoms. The highest BCUT2D eigenvalue weighted by atomic mass is 32.2. The zero-order valence-corrected chi connectivity index (χ0v) is 12.7. The lowest BCUT2D eigenvalue weighted by molar-refractivity contribution is -0.289. The van der Waals surface area contributed by atoms with Gasteiger partial charge in [0.25, 0.3) is 5.56 Å². The average molecular weight is 361 g/mol. The summed E-state index contributed by atoms with van der Waals surface area (Å²) in [6.45, 7) is 0. The first kappa shape index (κ1) is 17.9. The number of thioether (sulfide) groups is 1. The summed E-state index contributed by atoms with van der Waals surface area (Å²) in [5.74, 6) is -5.17. The van der Waals surface area contributed by atoms with Crippen LogP contribution in [0.3, 0.4) is 0 Å². The topological polar surface area (TPSA) is 69.5 Å². The Morgan fingerprint density at radius 2 is 1.83 bits per heavy atom. The quantitative estimate of drug-likeness (QED) is 0.514. The Bertz CT molecular complexity index is 870. The van der Waals surface area contributed by atoms with Crippen molar-refractivity contribution in [2.45, 2.75) is 17.3 Å². The van der Waals surface area contributed by atoms with E-state index in [4.69, 9.17) is 5.26 Å². The highest BCUT2D eigenvalue weighted by Gasteiger charge is 2.59. The minimum absolute atomic E-state index is 0.0147. The molecule has 0 aliphatic rings. The average Bonchev–Trinajstić information content (AvgIpc) is 2.52. The first-order valence-corrected chi connectivity index (χ1v) is 7.48. The molecule has 0 spiro atoms. The molecular weight excluding hydrogens is 353 g/mol. The number of halogens is 5. The molecule has 1 N–H and O–H groups in total. The van der Waals surface area contributed by atoms with Gasteiger partial charge in [-0.2, -0.15) is 27.2 Å². The number of nitrogens with zero attached hydrogens (tertiary/aromatic N) is 2. The molecule has 0 amide bonds. The predicted molar refractivity (Wildman–Crippen MR) is 76.7 cm³/mol. The number of rotatable bonds is 3. The number of H-pyrrole nitrogens is 1. The molecule has 2 aromatic rings. The van der Waals surface area contributed by atoms with Crippen molar-refractivity contribution in [3.8, 4) is 17.3 Å². The Hall–Kier alpha value is -2.41. The van der Waals surface area contributed by atoms with Gasteiger partial charge >= 0.3 is 12.1 Å². The van der Waals surface area contributed by atoms with Crippen molar-refractivity contribution in [1.29, 1.82) is 5.26 Å². The van der Waals surface area contributed by atoms with Gasteiger partial charge in [-0.3, -0.25) is 4.79 Å². The van der Waals surface area contributed by atoms with Crippen molar-refractivity contribution in [2.75, 3.05) is 6.26 Å². The van der Waals surface area contributed by atoms with E-state index < -0.39 is 40.0 Å². The van der Waals surface area contributed by atoms with Gasteiger partial charge in [-0.15, -0.1) is 0 Å². The summed E-state index contributed by atoms with van der Waals surface area (Å²) in [4.78, 5) is 17.9. The second kappa shape index (κ2) is 6.24. The van der Waals surface area contributed by atoms with Crippen LogP contribution in [-0.4, -0.2) is 22.4 Å². The second-order valence-electron chi connectivity index (χ2n) is 4.53. The maximum atomic E-state index is 13.8. The highest BCUT2D eigenvalue weighted by molar-refractivity contribution is 7.98. The monoisotopic (exact) mass is 361 g/mol. The number of aromatic nitrogens is 2. The van der Waals surface area contributed by atoms with Crippen LogP contribution in [0.2, 0.25) is 0 Å². The van der Waals surface area contributed by atoms with E-state index in [2.05, 4.69) is 9.97 Å². The maximum Gasteiger partial charge on any atom is 0.458 e. The van der Waals surface area contributed by atoms with Gasteiger partial charge in [0.2, 0.25) is 0 Å².